The lowest BCUT2D eigenvalue weighted by Crippen LogP contribution is -2.49. The summed E-state index contributed by atoms with van der Waals surface area (Å²) < 4.78 is 0. The SMILES string of the molecule is Cc1ccc(C(=O)NC2CC(=O)N(c3ccc(C(=O)N[C@H](C(=O)N(C)C)C(C)C)c(C)c3)C2)s1. The van der Waals surface area contributed by atoms with Crippen molar-refractivity contribution in [2.24, 2.45) is 5.92 Å². The minimum atomic E-state index is -0.627. The first-order chi connectivity index (χ1) is 16.0. The molecule has 1 aromatic carbocycles. The lowest BCUT2D eigenvalue weighted by molar-refractivity contribution is -0.131. The standard InChI is InChI=1S/C25H32N4O4S/c1-14(2)22(25(33)28(5)6)27-23(31)19-9-8-18(11-15(19)3)29-13-17(12-21(29)30)26-24(32)20-10-7-16(4)34-20/h7-11,14,17,22H,12-13H2,1-6H3,(H,26,32)(H,27,31)/t17?,22-/m0/s1. The van der Waals surface area contributed by atoms with Crippen molar-refractivity contribution in [3.05, 3.63) is 51.2 Å². The number of nitrogens with zero attached hydrogens (tertiary/aromatic N) is 2. The van der Waals surface area contributed by atoms with Crippen molar-refractivity contribution < 1.29 is 19.2 Å². The van der Waals surface area contributed by atoms with E-state index in [1.54, 1.807) is 50.2 Å². The zero-order valence-electron chi connectivity index (χ0n) is 20.5. The highest BCUT2D eigenvalue weighted by Gasteiger charge is 2.32. The smallest absolute Gasteiger partial charge is 0.261 e. The summed E-state index contributed by atoms with van der Waals surface area (Å²) in [6.07, 6.45) is 0.222. The second-order valence-electron chi connectivity index (χ2n) is 9.22. The Morgan fingerprint density at radius 2 is 1.79 bits per heavy atom. The maximum Gasteiger partial charge on any atom is 0.261 e. The second kappa shape index (κ2) is 10.4. The van der Waals surface area contributed by atoms with Gasteiger partial charge < -0.3 is 20.4 Å². The molecule has 1 aromatic heterocycles. The van der Waals surface area contributed by atoms with E-state index < -0.39 is 6.04 Å². The monoisotopic (exact) mass is 484 g/mol. The molecule has 3 rings (SSSR count). The van der Waals surface area contributed by atoms with Crippen LogP contribution >= 0.6 is 11.3 Å². The van der Waals surface area contributed by atoms with Crippen LogP contribution in [0.4, 0.5) is 5.69 Å². The third-order valence-electron chi connectivity index (χ3n) is 5.85. The molecule has 9 heteroatoms. The first-order valence-electron chi connectivity index (χ1n) is 11.3. The van der Waals surface area contributed by atoms with E-state index in [0.717, 1.165) is 4.88 Å². The molecule has 1 aliphatic heterocycles. The molecular formula is C25H32N4O4S. The van der Waals surface area contributed by atoms with Gasteiger partial charge in [-0.15, -0.1) is 11.3 Å². The van der Waals surface area contributed by atoms with Gasteiger partial charge in [0, 0.05) is 43.2 Å². The summed E-state index contributed by atoms with van der Waals surface area (Å²) >= 11 is 1.42. The van der Waals surface area contributed by atoms with Gasteiger partial charge in [-0.05, 0) is 55.7 Å². The molecule has 182 valence electrons. The molecule has 34 heavy (non-hydrogen) atoms. The first-order valence-corrected chi connectivity index (χ1v) is 12.1. The van der Waals surface area contributed by atoms with E-state index in [9.17, 15) is 19.2 Å². The Morgan fingerprint density at radius 3 is 2.35 bits per heavy atom. The van der Waals surface area contributed by atoms with E-state index in [1.165, 1.54) is 16.2 Å². The van der Waals surface area contributed by atoms with Crippen LogP contribution in [0, 0.1) is 19.8 Å². The topological polar surface area (TPSA) is 98.8 Å². The molecule has 2 N–H and O–H groups in total. The Labute approximate surface area is 204 Å². The molecule has 0 aliphatic carbocycles. The van der Waals surface area contributed by atoms with E-state index in [2.05, 4.69) is 10.6 Å². The van der Waals surface area contributed by atoms with Crippen LogP contribution in [-0.2, 0) is 9.59 Å². The fraction of sp³-hybridized carbons (Fsp3) is 0.440. The van der Waals surface area contributed by atoms with Crippen LogP contribution in [0.15, 0.2) is 30.3 Å². The summed E-state index contributed by atoms with van der Waals surface area (Å²) in [7, 11) is 3.32. The second-order valence-corrected chi connectivity index (χ2v) is 10.5. The zero-order valence-corrected chi connectivity index (χ0v) is 21.3. The molecule has 1 fully saturated rings. The molecule has 1 aliphatic rings. The van der Waals surface area contributed by atoms with E-state index in [1.807, 2.05) is 26.8 Å². The molecule has 0 bridgehead atoms. The number of amides is 4. The van der Waals surface area contributed by atoms with E-state index in [4.69, 9.17) is 0 Å². The van der Waals surface area contributed by atoms with Crippen LogP contribution in [0.25, 0.3) is 0 Å². The fourth-order valence-electron chi connectivity index (χ4n) is 3.95. The molecule has 0 spiro atoms. The van der Waals surface area contributed by atoms with Gasteiger partial charge in [-0.25, -0.2) is 0 Å². The average molecular weight is 485 g/mol. The van der Waals surface area contributed by atoms with Crippen molar-refractivity contribution in [3.63, 3.8) is 0 Å². The van der Waals surface area contributed by atoms with Crippen LogP contribution in [0.1, 0.15) is 50.7 Å². The molecule has 0 radical (unpaired) electrons. The number of hydrogen-bond acceptors (Lipinski definition) is 5. The van der Waals surface area contributed by atoms with Crippen molar-refractivity contribution >= 4 is 40.7 Å². The number of benzene rings is 1. The Kier molecular flexibility index (Phi) is 7.76. The highest BCUT2D eigenvalue weighted by molar-refractivity contribution is 7.13. The van der Waals surface area contributed by atoms with Gasteiger partial charge in [-0.3, -0.25) is 19.2 Å². The largest absolute Gasteiger partial charge is 0.347 e. The Balaban J connectivity index is 1.69. The predicted molar refractivity (Wildman–Crippen MR) is 133 cm³/mol. The lowest BCUT2D eigenvalue weighted by atomic mass is 10.0. The molecular weight excluding hydrogens is 452 g/mol. The van der Waals surface area contributed by atoms with Crippen molar-refractivity contribution in [2.45, 2.75) is 46.2 Å². The van der Waals surface area contributed by atoms with Crippen LogP contribution < -0.4 is 15.5 Å². The Morgan fingerprint density at radius 1 is 1.09 bits per heavy atom. The summed E-state index contributed by atoms with van der Waals surface area (Å²) in [6.45, 7) is 7.88. The predicted octanol–water partition coefficient (Wildman–Crippen LogP) is 2.74. The highest BCUT2D eigenvalue weighted by atomic mass is 32.1. The van der Waals surface area contributed by atoms with Gasteiger partial charge in [0.05, 0.1) is 10.9 Å². The number of likely N-dealkylation sites (N-methyl/N-ethyl adjacent to an activating group) is 1. The fourth-order valence-corrected chi connectivity index (χ4v) is 4.72. The number of thiophene rings is 1. The van der Waals surface area contributed by atoms with Crippen LogP contribution in [0.2, 0.25) is 0 Å². The Bertz CT molecular complexity index is 1110. The number of anilines is 1. The maximum absolute atomic E-state index is 12.9. The molecule has 4 amide bonds. The first kappa shape index (κ1) is 25.4. The summed E-state index contributed by atoms with van der Waals surface area (Å²) in [4.78, 5) is 55.2. The summed E-state index contributed by atoms with van der Waals surface area (Å²) in [5.74, 6) is -0.812. The summed E-state index contributed by atoms with van der Waals surface area (Å²) in [6, 6.07) is 7.96. The molecule has 1 unspecified atom stereocenters. The number of hydrogen-bond donors (Lipinski definition) is 2. The van der Waals surface area contributed by atoms with E-state index in [0.29, 0.717) is 28.2 Å². The minimum Gasteiger partial charge on any atom is -0.347 e. The molecule has 1 saturated heterocycles. The van der Waals surface area contributed by atoms with Gasteiger partial charge in [0.1, 0.15) is 6.04 Å². The lowest BCUT2D eigenvalue weighted by Gasteiger charge is -2.25. The number of nitrogens with one attached hydrogen (secondary N) is 2. The van der Waals surface area contributed by atoms with Crippen LogP contribution in [0.3, 0.4) is 0 Å². The highest BCUT2D eigenvalue weighted by Crippen LogP contribution is 2.25. The van der Waals surface area contributed by atoms with Crippen molar-refractivity contribution in [1.29, 1.82) is 0 Å². The van der Waals surface area contributed by atoms with Gasteiger partial charge in [-0.1, -0.05) is 13.8 Å². The van der Waals surface area contributed by atoms with Crippen LogP contribution in [-0.4, -0.2) is 61.3 Å². The number of rotatable bonds is 7. The molecule has 8 nitrogen and oxygen atoms in total. The van der Waals surface area contributed by atoms with Gasteiger partial charge in [0.2, 0.25) is 11.8 Å². The van der Waals surface area contributed by atoms with Crippen molar-refractivity contribution in [3.8, 4) is 0 Å². The Hall–Kier alpha value is -3.20. The van der Waals surface area contributed by atoms with E-state index in [-0.39, 0.29) is 42.0 Å². The maximum atomic E-state index is 12.9. The zero-order chi connectivity index (χ0) is 25.2. The number of aryl methyl sites for hydroxylation is 2. The third kappa shape index (κ3) is 5.64. The number of carbonyl (C=O) groups excluding carboxylic acids is 4. The quantitative estimate of drug-likeness (QED) is 0.631. The third-order valence-corrected chi connectivity index (χ3v) is 6.85. The normalized spacial score (nSPS) is 16.5. The van der Waals surface area contributed by atoms with Gasteiger partial charge in [0.15, 0.2) is 0 Å². The molecule has 0 saturated carbocycles. The minimum absolute atomic E-state index is 0.0640. The number of carbonyl (C=O) groups is 4. The summed E-state index contributed by atoms with van der Waals surface area (Å²) in [5, 5.41) is 5.78. The van der Waals surface area contributed by atoms with Crippen LogP contribution in [0.5, 0.6) is 0 Å². The van der Waals surface area contributed by atoms with E-state index >= 15 is 0 Å². The average Bonchev–Trinajstić information content (AvgIpc) is 3.36. The summed E-state index contributed by atoms with van der Waals surface area (Å²) in [5.41, 5.74) is 1.82. The van der Waals surface area contributed by atoms with Gasteiger partial charge in [0.25, 0.3) is 11.8 Å². The van der Waals surface area contributed by atoms with Gasteiger partial charge >= 0.3 is 0 Å². The molecule has 2 aromatic rings. The molecule has 2 atom stereocenters. The molecule has 2 heterocycles. The van der Waals surface area contributed by atoms with Crippen molar-refractivity contribution in [2.75, 3.05) is 25.5 Å². The van der Waals surface area contributed by atoms with Crippen molar-refractivity contribution in [1.82, 2.24) is 15.5 Å². The van der Waals surface area contributed by atoms with Gasteiger partial charge in [-0.2, -0.15) is 0 Å².